The van der Waals surface area contributed by atoms with Crippen LogP contribution in [0, 0.1) is 0 Å². The number of imidazole rings is 1. The number of rotatable bonds is 5. The number of carbonyl (C=O) groups excluding carboxylic acids is 1. The lowest BCUT2D eigenvalue weighted by molar-refractivity contribution is 0.251. The minimum absolute atomic E-state index is 0.266. The van der Waals surface area contributed by atoms with Gasteiger partial charge in [-0.25, -0.2) is 14.8 Å². The third kappa shape index (κ3) is 3.57. The van der Waals surface area contributed by atoms with E-state index in [2.05, 4.69) is 34.4 Å². The molecular weight excluding hydrogens is 274 g/mol. The van der Waals surface area contributed by atoms with Gasteiger partial charge in [0.25, 0.3) is 0 Å². The zero-order chi connectivity index (χ0) is 14.5. The highest BCUT2D eigenvalue weighted by Crippen LogP contribution is 2.23. The maximum absolute atomic E-state index is 11.8. The first-order chi connectivity index (χ1) is 9.60. The number of aromatic nitrogens is 3. The Bertz CT molecular complexity index is 577. The fraction of sp³-hybridized carbons (Fsp3) is 0.462. The van der Waals surface area contributed by atoms with E-state index in [1.807, 2.05) is 23.2 Å². The second-order valence-corrected chi connectivity index (χ2v) is 5.51. The summed E-state index contributed by atoms with van der Waals surface area (Å²) in [6.45, 7) is 4.63. The maximum atomic E-state index is 11.8. The van der Waals surface area contributed by atoms with Crippen molar-refractivity contribution in [2.75, 3.05) is 5.32 Å². The number of urea groups is 1. The molecule has 2 rings (SSSR count). The Morgan fingerprint density at radius 3 is 3.00 bits per heavy atom. The average molecular weight is 293 g/mol. The third-order valence-corrected chi connectivity index (χ3v) is 3.96. The topological polar surface area (TPSA) is 71.8 Å². The minimum atomic E-state index is -0.266. The molecule has 0 saturated carbocycles. The average Bonchev–Trinajstić information content (AvgIpc) is 3.05. The molecule has 0 aromatic carbocycles. The Hall–Kier alpha value is -1.89. The first-order valence-corrected chi connectivity index (χ1v) is 7.44. The Labute approximate surface area is 122 Å². The van der Waals surface area contributed by atoms with E-state index < -0.39 is 0 Å². The number of nitrogens with zero attached hydrogens (tertiary/aromatic N) is 3. The van der Waals surface area contributed by atoms with Gasteiger partial charge in [0.15, 0.2) is 5.13 Å². The largest absolute Gasteiger partial charge is 0.337 e. The molecule has 7 heteroatoms. The molecule has 108 valence electrons. The predicted molar refractivity (Wildman–Crippen MR) is 79.9 cm³/mol. The van der Waals surface area contributed by atoms with E-state index >= 15 is 0 Å². The van der Waals surface area contributed by atoms with Gasteiger partial charge in [-0.15, -0.1) is 11.3 Å². The van der Waals surface area contributed by atoms with Crippen molar-refractivity contribution in [1.82, 2.24) is 19.9 Å². The number of aryl methyl sites for hydroxylation is 1. The van der Waals surface area contributed by atoms with Crippen molar-refractivity contribution in [1.29, 1.82) is 0 Å². The monoisotopic (exact) mass is 293 g/mol. The van der Waals surface area contributed by atoms with Crippen LogP contribution in [0.4, 0.5) is 9.93 Å². The van der Waals surface area contributed by atoms with Gasteiger partial charge in [-0.3, -0.25) is 5.32 Å². The van der Waals surface area contributed by atoms with Gasteiger partial charge in [0.1, 0.15) is 5.82 Å². The van der Waals surface area contributed by atoms with Gasteiger partial charge in [-0.2, -0.15) is 0 Å². The number of nitrogens with one attached hydrogen (secondary N) is 2. The molecular formula is C13H19N5OS. The molecule has 2 amide bonds. The summed E-state index contributed by atoms with van der Waals surface area (Å²) in [5.74, 6) is 1.22. The molecule has 6 nitrogen and oxygen atoms in total. The zero-order valence-electron chi connectivity index (χ0n) is 11.9. The molecule has 0 unspecified atom stereocenters. The number of anilines is 1. The van der Waals surface area contributed by atoms with Crippen LogP contribution in [0.3, 0.4) is 0 Å². The minimum Gasteiger partial charge on any atom is -0.337 e. The van der Waals surface area contributed by atoms with Crippen LogP contribution in [-0.2, 0) is 13.6 Å². The first kappa shape index (κ1) is 14.5. The van der Waals surface area contributed by atoms with Crippen molar-refractivity contribution < 1.29 is 4.79 Å². The predicted octanol–water partition coefficient (Wildman–Crippen LogP) is 2.71. The normalized spacial score (nSPS) is 12.2. The Kier molecular flexibility index (Phi) is 4.73. The zero-order valence-corrected chi connectivity index (χ0v) is 12.7. The van der Waals surface area contributed by atoms with E-state index in [0.717, 1.165) is 17.9 Å². The number of thiazole rings is 1. The summed E-state index contributed by atoms with van der Waals surface area (Å²) in [6, 6.07) is -0.266. The molecule has 2 aromatic heterocycles. The fourth-order valence-corrected chi connectivity index (χ4v) is 2.47. The van der Waals surface area contributed by atoms with Crippen LogP contribution in [-0.4, -0.2) is 20.6 Å². The molecule has 0 fully saturated rings. The van der Waals surface area contributed by atoms with Crippen molar-refractivity contribution in [3.8, 4) is 0 Å². The summed E-state index contributed by atoms with van der Waals surface area (Å²) in [4.78, 5) is 20.3. The molecule has 0 aliphatic carbocycles. The molecule has 2 heterocycles. The van der Waals surface area contributed by atoms with Crippen molar-refractivity contribution in [2.45, 2.75) is 32.7 Å². The summed E-state index contributed by atoms with van der Waals surface area (Å²) in [7, 11) is 1.89. The summed E-state index contributed by atoms with van der Waals surface area (Å²) < 4.78 is 1.87. The van der Waals surface area contributed by atoms with E-state index in [-0.39, 0.29) is 6.03 Å². The van der Waals surface area contributed by atoms with Gasteiger partial charge in [0.2, 0.25) is 0 Å². The molecule has 0 saturated heterocycles. The quantitative estimate of drug-likeness (QED) is 0.890. The van der Waals surface area contributed by atoms with E-state index in [1.165, 1.54) is 11.3 Å². The highest BCUT2D eigenvalue weighted by molar-refractivity contribution is 7.13. The summed E-state index contributed by atoms with van der Waals surface area (Å²) >= 11 is 1.44. The molecule has 1 atom stereocenters. The smallest absolute Gasteiger partial charge is 0.321 e. The summed E-state index contributed by atoms with van der Waals surface area (Å²) in [5, 5.41) is 8.12. The molecule has 0 aliphatic heterocycles. The van der Waals surface area contributed by atoms with Gasteiger partial charge in [-0.05, 0) is 12.3 Å². The van der Waals surface area contributed by atoms with Crippen molar-refractivity contribution in [2.24, 2.45) is 7.05 Å². The fourth-order valence-electron chi connectivity index (χ4n) is 1.65. The summed E-state index contributed by atoms with van der Waals surface area (Å²) in [6.07, 6.45) is 4.58. The first-order valence-electron chi connectivity index (χ1n) is 6.56. The lowest BCUT2D eigenvalue weighted by Gasteiger charge is -2.06. The Morgan fingerprint density at radius 2 is 2.35 bits per heavy atom. The number of hydrogen-bond donors (Lipinski definition) is 2. The second-order valence-electron chi connectivity index (χ2n) is 4.65. The number of hydrogen-bond acceptors (Lipinski definition) is 4. The van der Waals surface area contributed by atoms with Crippen molar-refractivity contribution in [3.63, 3.8) is 0 Å². The van der Waals surface area contributed by atoms with Gasteiger partial charge in [0.05, 0.1) is 12.2 Å². The highest BCUT2D eigenvalue weighted by atomic mass is 32.1. The van der Waals surface area contributed by atoms with Crippen LogP contribution in [0.15, 0.2) is 17.8 Å². The van der Waals surface area contributed by atoms with Crippen LogP contribution < -0.4 is 10.6 Å². The van der Waals surface area contributed by atoms with Crippen LogP contribution in [0.25, 0.3) is 0 Å². The van der Waals surface area contributed by atoms with E-state index in [9.17, 15) is 4.79 Å². The molecule has 2 aromatic rings. The lowest BCUT2D eigenvalue weighted by Crippen LogP contribution is -2.29. The van der Waals surface area contributed by atoms with Gasteiger partial charge < -0.3 is 9.88 Å². The maximum Gasteiger partial charge on any atom is 0.321 e. The molecule has 0 spiro atoms. The lowest BCUT2D eigenvalue weighted by atomic mass is 10.1. The van der Waals surface area contributed by atoms with Gasteiger partial charge >= 0.3 is 6.03 Å². The van der Waals surface area contributed by atoms with Crippen molar-refractivity contribution in [3.05, 3.63) is 29.3 Å². The van der Waals surface area contributed by atoms with E-state index in [4.69, 9.17) is 0 Å². The van der Waals surface area contributed by atoms with Crippen molar-refractivity contribution >= 4 is 22.5 Å². The summed E-state index contributed by atoms with van der Waals surface area (Å²) in [5.41, 5.74) is 1.02. The second kappa shape index (κ2) is 6.51. The molecule has 20 heavy (non-hydrogen) atoms. The van der Waals surface area contributed by atoms with E-state index in [1.54, 1.807) is 6.20 Å². The van der Waals surface area contributed by atoms with Crippen LogP contribution in [0.1, 0.15) is 37.7 Å². The standard InChI is InChI=1S/C13H19N5OS/c1-4-9(2)10-8-20-13(16-10)17-12(19)15-7-11-14-5-6-18(11)3/h5-6,8-9H,4,7H2,1-3H3,(H2,15,16,17,19)/t9-/m0/s1. The number of carbonyl (C=O) groups is 1. The molecule has 0 radical (unpaired) electrons. The Balaban J connectivity index is 1.85. The Morgan fingerprint density at radius 1 is 1.55 bits per heavy atom. The van der Waals surface area contributed by atoms with Gasteiger partial charge in [-0.1, -0.05) is 13.8 Å². The van der Waals surface area contributed by atoms with Gasteiger partial charge in [0, 0.05) is 24.8 Å². The number of amides is 2. The van der Waals surface area contributed by atoms with Crippen LogP contribution in [0.5, 0.6) is 0 Å². The molecule has 0 bridgehead atoms. The van der Waals surface area contributed by atoms with E-state index in [0.29, 0.717) is 17.6 Å². The van der Waals surface area contributed by atoms with Crippen LogP contribution in [0.2, 0.25) is 0 Å². The highest BCUT2D eigenvalue weighted by Gasteiger charge is 2.10. The third-order valence-electron chi connectivity index (χ3n) is 3.19. The van der Waals surface area contributed by atoms with Crippen LogP contribution >= 0.6 is 11.3 Å². The molecule has 0 aliphatic rings. The SMILES string of the molecule is CC[C@H](C)c1csc(NC(=O)NCc2nccn2C)n1. The molecule has 2 N–H and O–H groups in total.